The van der Waals surface area contributed by atoms with Crippen molar-refractivity contribution in [3.8, 4) is 5.69 Å². The lowest BCUT2D eigenvalue weighted by atomic mass is 10.1. The highest BCUT2D eigenvalue weighted by Crippen LogP contribution is 2.18. The molecule has 5 nitrogen and oxygen atoms in total. The van der Waals surface area contributed by atoms with Gasteiger partial charge in [0.15, 0.2) is 0 Å². The van der Waals surface area contributed by atoms with Crippen LogP contribution in [-0.4, -0.2) is 27.6 Å². The normalized spacial score (nSPS) is 15.0. The molecule has 6 heteroatoms. The number of aromatic nitrogens is 3. The minimum Gasteiger partial charge on any atom is -0.341 e. The Hall–Kier alpha value is -2.40. The first-order chi connectivity index (χ1) is 11.7. The average Bonchev–Trinajstić information content (AvgIpc) is 2.63. The van der Waals surface area contributed by atoms with Gasteiger partial charge in [0.1, 0.15) is 0 Å². The third-order valence-corrected chi connectivity index (χ3v) is 4.63. The van der Waals surface area contributed by atoms with Crippen molar-refractivity contribution < 1.29 is 0 Å². The largest absolute Gasteiger partial charge is 0.341 e. The van der Waals surface area contributed by atoms with Crippen LogP contribution in [0.1, 0.15) is 19.3 Å². The predicted molar refractivity (Wildman–Crippen MR) is 96.2 cm³/mol. The van der Waals surface area contributed by atoms with E-state index in [1.54, 1.807) is 29.1 Å². The molecule has 1 fully saturated rings. The molecule has 24 heavy (non-hydrogen) atoms. The van der Waals surface area contributed by atoms with Gasteiger partial charge in [0.25, 0.3) is 5.56 Å². The lowest BCUT2D eigenvalue weighted by Gasteiger charge is -2.26. The van der Waals surface area contributed by atoms with E-state index in [0.29, 0.717) is 21.9 Å². The zero-order chi connectivity index (χ0) is 16.5. The maximum absolute atomic E-state index is 12.7. The molecule has 0 saturated carbocycles. The summed E-state index contributed by atoms with van der Waals surface area (Å²) in [5.41, 5.74) is 1.33. The third-order valence-electron chi connectivity index (χ3n) is 4.38. The monoisotopic (exact) mass is 340 g/mol. The minimum atomic E-state index is -0.125. The molecule has 0 N–H and O–H groups in total. The summed E-state index contributed by atoms with van der Waals surface area (Å²) in [6.07, 6.45) is 6.98. The summed E-state index contributed by atoms with van der Waals surface area (Å²) < 4.78 is 1.59. The van der Waals surface area contributed by atoms with E-state index in [1.165, 1.54) is 19.3 Å². The zero-order valence-electron chi connectivity index (χ0n) is 13.2. The lowest BCUT2D eigenvalue weighted by molar-refractivity contribution is 0.569. The van der Waals surface area contributed by atoms with E-state index in [1.807, 2.05) is 18.2 Å². The molecule has 1 aliphatic heterocycles. The van der Waals surface area contributed by atoms with Crippen LogP contribution < -0.4 is 10.5 Å². The number of hydrogen-bond acceptors (Lipinski definition) is 4. The summed E-state index contributed by atoms with van der Waals surface area (Å²) in [5.74, 6) is 0.714. The molecule has 122 valence electrons. The summed E-state index contributed by atoms with van der Waals surface area (Å²) in [5, 5.41) is 1.16. The summed E-state index contributed by atoms with van der Waals surface area (Å²) >= 11 is 5.91. The number of rotatable bonds is 2. The van der Waals surface area contributed by atoms with Crippen molar-refractivity contribution in [2.75, 3.05) is 18.0 Å². The highest BCUT2D eigenvalue weighted by Gasteiger charge is 2.15. The fourth-order valence-corrected chi connectivity index (χ4v) is 3.20. The van der Waals surface area contributed by atoms with Crippen molar-refractivity contribution in [2.24, 2.45) is 0 Å². The van der Waals surface area contributed by atoms with Gasteiger partial charge in [0, 0.05) is 36.2 Å². The molecule has 0 amide bonds. The number of nitrogens with zero attached hydrogens (tertiary/aromatic N) is 4. The van der Waals surface area contributed by atoms with Crippen LogP contribution in [0.15, 0.2) is 47.5 Å². The maximum atomic E-state index is 12.7. The Morgan fingerprint density at radius 3 is 2.50 bits per heavy atom. The van der Waals surface area contributed by atoms with Gasteiger partial charge in [0.05, 0.1) is 10.9 Å². The van der Waals surface area contributed by atoms with Gasteiger partial charge in [-0.2, -0.15) is 0 Å². The molecule has 0 atom stereocenters. The van der Waals surface area contributed by atoms with Gasteiger partial charge < -0.3 is 4.90 Å². The minimum absolute atomic E-state index is 0.125. The molecule has 1 aromatic carbocycles. The summed E-state index contributed by atoms with van der Waals surface area (Å²) in [6, 6.07) is 9.03. The Bertz CT molecular complexity index is 930. The Balaban J connectivity index is 1.76. The number of fused-ring (bicyclic) bond motifs is 1. The van der Waals surface area contributed by atoms with Gasteiger partial charge in [-0.1, -0.05) is 11.6 Å². The van der Waals surface area contributed by atoms with Gasteiger partial charge in [0.2, 0.25) is 5.95 Å². The Morgan fingerprint density at radius 1 is 1.00 bits per heavy atom. The number of anilines is 1. The summed E-state index contributed by atoms with van der Waals surface area (Å²) in [7, 11) is 0. The molecule has 3 aromatic rings. The molecule has 0 spiro atoms. The number of benzene rings is 1. The van der Waals surface area contributed by atoms with E-state index in [-0.39, 0.29) is 5.56 Å². The lowest BCUT2D eigenvalue weighted by Crippen LogP contribution is -2.31. The number of piperidine rings is 1. The molecular formula is C18H17ClN4O. The first-order valence-corrected chi connectivity index (χ1v) is 8.49. The quantitative estimate of drug-likeness (QED) is 0.717. The number of halogens is 1. The van der Waals surface area contributed by atoms with Crippen LogP contribution in [0.5, 0.6) is 0 Å². The Morgan fingerprint density at radius 2 is 1.75 bits per heavy atom. The molecule has 0 aliphatic carbocycles. The number of hydrogen-bond donors (Lipinski definition) is 0. The predicted octanol–water partition coefficient (Wildman–Crippen LogP) is 3.42. The van der Waals surface area contributed by atoms with Crippen molar-refractivity contribution in [3.05, 3.63) is 58.1 Å². The van der Waals surface area contributed by atoms with Crippen LogP contribution >= 0.6 is 11.6 Å². The van der Waals surface area contributed by atoms with Crippen molar-refractivity contribution in [1.29, 1.82) is 0 Å². The smallest absolute Gasteiger partial charge is 0.266 e. The molecule has 3 heterocycles. The SMILES string of the molecule is O=c1c2cnc(N3CCCCC3)nc2ccn1-c1ccc(Cl)cc1. The van der Waals surface area contributed by atoms with Gasteiger partial charge >= 0.3 is 0 Å². The van der Waals surface area contributed by atoms with E-state index in [0.717, 1.165) is 18.8 Å². The van der Waals surface area contributed by atoms with Gasteiger partial charge in [-0.25, -0.2) is 9.97 Å². The molecule has 0 unspecified atom stereocenters. The molecule has 2 aromatic heterocycles. The molecule has 1 aliphatic rings. The van der Waals surface area contributed by atoms with Crippen LogP contribution in [0.25, 0.3) is 16.6 Å². The van der Waals surface area contributed by atoms with Gasteiger partial charge in [-0.05, 0) is 49.6 Å². The van der Waals surface area contributed by atoms with Crippen LogP contribution in [0.3, 0.4) is 0 Å². The van der Waals surface area contributed by atoms with Crippen LogP contribution in [-0.2, 0) is 0 Å². The fourth-order valence-electron chi connectivity index (χ4n) is 3.07. The fraction of sp³-hybridized carbons (Fsp3) is 0.278. The zero-order valence-corrected chi connectivity index (χ0v) is 13.9. The Labute approximate surface area is 144 Å². The molecule has 0 bridgehead atoms. The second-order valence-electron chi connectivity index (χ2n) is 5.98. The van der Waals surface area contributed by atoms with Crippen molar-refractivity contribution in [2.45, 2.75) is 19.3 Å². The molecule has 4 rings (SSSR count). The maximum Gasteiger partial charge on any atom is 0.266 e. The van der Waals surface area contributed by atoms with Crippen LogP contribution in [0.2, 0.25) is 5.02 Å². The topological polar surface area (TPSA) is 51.0 Å². The van der Waals surface area contributed by atoms with E-state index >= 15 is 0 Å². The van der Waals surface area contributed by atoms with Crippen molar-refractivity contribution in [1.82, 2.24) is 14.5 Å². The van der Waals surface area contributed by atoms with E-state index < -0.39 is 0 Å². The third kappa shape index (κ3) is 2.76. The van der Waals surface area contributed by atoms with Crippen LogP contribution in [0.4, 0.5) is 5.95 Å². The molecular weight excluding hydrogens is 324 g/mol. The van der Waals surface area contributed by atoms with Gasteiger partial charge in [-0.3, -0.25) is 9.36 Å². The highest BCUT2D eigenvalue weighted by molar-refractivity contribution is 6.30. The van der Waals surface area contributed by atoms with E-state index in [9.17, 15) is 4.79 Å². The first-order valence-electron chi connectivity index (χ1n) is 8.12. The van der Waals surface area contributed by atoms with Crippen molar-refractivity contribution >= 4 is 28.5 Å². The van der Waals surface area contributed by atoms with E-state index in [2.05, 4.69) is 14.9 Å². The van der Waals surface area contributed by atoms with Crippen LogP contribution in [0, 0.1) is 0 Å². The summed E-state index contributed by atoms with van der Waals surface area (Å²) in [6.45, 7) is 1.96. The second-order valence-corrected chi connectivity index (χ2v) is 6.42. The molecule has 0 radical (unpaired) electrons. The first kappa shape index (κ1) is 15.1. The second kappa shape index (κ2) is 6.24. The highest BCUT2D eigenvalue weighted by atomic mass is 35.5. The average molecular weight is 341 g/mol. The Kier molecular flexibility index (Phi) is 3.94. The summed E-state index contributed by atoms with van der Waals surface area (Å²) in [4.78, 5) is 23.9. The van der Waals surface area contributed by atoms with Crippen molar-refractivity contribution in [3.63, 3.8) is 0 Å². The standard InChI is InChI=1S/C18H17ClN4O/c19-13-4-6-14(7-5-13)23-11-8-16-15(17(23)24)12-20-18(21-16)22-9-2-1-3-10-22/h4-8,11-12H,1-3,9-10H2. The van der Waals surface area contributed by atoms with E-state index in [4.69, 9.17) is 11.6 Å². The number of pyridine rings is 1. The van der Waals surface area contributed by atoms with Gasteiger partial charge in [-0.15, -0.1) is 0 Å². The molecule has 1 saturated heterocycles.